The zero-order valence-corrected chi connectivity index (χ0v) is 11.1. The van der Waals surface area contributed by atoms with Gasteiger partial charge in [0.1, 0.15) is 0 Å². The van der Waals surface area contributed by atoms with E-state index in [9.17, 15) is 9.59 Å². The molecular weight excluding hydrogens is 236 g/mol. The third kappa shape index (κ3) is 4.64. The van der Waals surface area contributed by atoms with Gasteiger partial charge in [0.2, 0.25) is 0 Å². The van der Waals surface area contributed by atoms with Crippen LogP contribution in [0.4, 0.5) is 0 Å². The molecule has 1 heterocycles. The van der Waals surface area contributed by atoms with E-state index in [1.54, 1.807) is 13.8 Å². The quantitative estimate of drug-likeness (QED) is 0.678. The predicted octanol–water partition coefficient (Wildman–Crippen LogP) is 1.69. The van der Waals surface area contributed by atoms with Crippen LogP contribution in [0.3, 0.4) is 0 Å². The van der Waals surface area contributed by atoms with Crippen LogP contribution >= 0.6 is 0 Å². The molecule has 0 bridgehead atoms. The first-order chi connectivity index (χ1) is 8.69. The Labute approximate surface area is 108 Å². The van der Waals surface area contributed by atoms with Gasteiger partial charge in [0, 0.05) is 6.61 Å². The van der Waals surface area contributed by atoms with Gasteiger partial charge in [-0.2, -0.15) is 0 Å². The van der Waals surface area contributed by atoms with E-state index < -0.39 is 5.92 Å². The number of hydrogen-bond acceptors (Lipinski definition) is 5. The van der Waals surface area contributed by atoms with Crippen molar-refractivity contribution in [3.05, 3.63) is 0 Å². The Morgan fingerprint density at radius 3 is 2.50 bits per heavy atom. The van der Waals surface area contributed by atoms with Crippen LogP contribution in [-0.4, -0.2) is 37.9 Å². The van der Waals surface area contributed by atoms with E-state index >= 15 is 0 Å². The smallest absolute Gasteiger partial charge is 0.312 e. The molecule has 0 radical (unpaired) electrons. The van der Waals surface area contributed by atoms with E-state index in [1.165, 1.54) is 0 Å². The highest BCUT2D eigenvalue weighted by atomic mass is 16.5. The molecule has 1 saturated heterocycles. The van der Waals surface area contributed by atoms with Crippen molar-refractivity contribution < 1.29 is 23.8 Å². The second kappa shape index (κ2) is 8.08. The summed E-state index contributed by atoms with van der Waals surface area (Å²) in [6.45, 7) is 4.77. The molecule has 1 fully saturated rings. The molecule has 1 rings (SSSR count). The van der Waals surface area contributed by atoms with Gasteiger partial charge in [-0.25, -0.2) is 0 Å². The average Bonchev–Trinajstić information content (AvgIpc) is 2.37. The predicted molar refractivity (Wildman–Crippen MR) is 65.0 cm³/mol. The molecule has 2 atom stereocenters. The van der Waals surface area contributed by atoms with Gasteiger partial charge >= 0.3 is 11.9 Å². The van der Waals surface area contributed by atoms with Crippen molar-refractivity contribution in [1.29, 1.82) is 0 Å². The number of hydrogen-bond donors (Lipinski definition) is 0. The summed E-state index contributed by atoms with van der Waals surface area (Å²) in [6.07, 6.45) is 2.64. The fraction of sp³-hybridized carbons (Fsp3) is 0.846. The third-order valence-electron chi connectivity index (χ3n) is 2.94. The molecule has 104 valence electrons. The first kappa shape index (κ1) is 15.0. The van der Waals surface area contributed by atoms with Gasteiger partial charge in [-0.05, 0) is 33.1 Å². The number of ether oxygens (including phenoxy) is 3. The Bertz CT molecular complexity index is 271. The van der Waals surface area contributed by atoms with E-state index in [-0.39, 0.29) is 24.5 Å². The zero-order chi connectivity index (χ0) is 13.4. The van der Waals surface area contributed by atoms with Crippen LogP contribution in [0.2, 0.25) is 0 Å². The van der Waals surface area contributed by atoms with Crippen LogP contribution in [-0.2, 0) is 23.8 Å². The standard InChI is InChI=1S/C13H22O5/c1-3-16-12(14)9-10(13(15)17-4-2)11-7-5-6-8-18-11/h10-11H,3-9H2,1-2H3. The topological polar surface area (TPSA) is 61.8 Å². The average molecular weight is 258 g/mol. The first-order valence-electron chi connectivity index (χ1n) is 6.62. The van der Waals surface area contributed by atoms with Crippen LogP contribution in [0, 0.1) is 5.92 Å². The molecule has 5 nitrogen and oxygen atoms in total. The zero-order valence-electron chi connectivity index (χ0n) is 11.1. The maximum absolute atomic E-state index is 11.9. The van der Waals surface area contributed by atoms with Crippen LogP contribution in [0.15, 0.2) is 0 Å². The molecule has 0 aliphatic carbocycles. The Hall–Kier alpha value is -1.10. The minimum absolute atomic E-state index is 0.0390. The molecule has 0 aromatic rings. The van der Waals surface area contributed by atoms with E-state index in [4.69, 9.17) is 14.2 Å². The van der Waals surface area contributed by atoms with Crippen molar-refractivity contribution in [3.8, 4) is 0 Å². The van der Waals surface area contributed by atoms with Gasteiger partial charge in [0.25, 0.3) is 0 Å². The summed E-state index contributed by atoms with van der Waals surface area (Å²) < 4.78 is 15.5. The molecule has 0 saturated carbocycles. The van der Waals surface area contributed by atoms with Crippen LogP contribution in [0.25, 0.3) is 0 Å². The van der Waals surface area contributed by atoms with Gasteiger partial charge in [0.15, 0.2) is 0 Å². The lowest BCUT2D eigenvalue weighted by Crippen LogP contribution is -2.36. The highest BCUT2D eigenvalue weighted by Gasteiger charge is 2.34. The number of esters is 2. The number of carbonyl (C=O) groups excluding carboxylic acids is 2. The highest BCUT2D eigenvalue weighted by molar-refractivity contribution is 5.80. The molecule has 1 aliphatic heterocycles. The summed E-state index contributed by atoms with van der Waals surface area (Å²) in [7, 11) is 0. The summed E-state index contributed by atoms with van der Waals surface area (Å²) in [5, 5.41) is 0. The molecule has 0 aromatic carbocycles. The molecule has 0 aromatic heterocycles. The van der Waals surface area contributed by atoms with Crippen molar-refractivity contribution >= 4 is 11.9 Å². The largest absolute Gasteiger partial charge is 0.466 e. The SMILES string of the molecule is CCOC(=O)CC(C(=O)OCC)C1CCCCO1. The fourth-order valence-corrected chi connectivity index (χ4v) is 2.10. The van der Waals surface area contributed by atoms with Gasteiger partial charge in [-0.1, -0.05) is 0 Å². The van der Waals surface area contributed by atoms with E-state index in [2.05, 4.69) is 0 Å². The Kier molecular flexibility index (Phi) is 6.72. The van der Waals surface area contributed by atoms with Crippen molar-refractivity contribution in [2.45, 2.75) is 45.6 Å². The van der Waals surface area contributed by atoms with Crippen molar-refractivity contribution in [1.82, 2.24) is 0 Å². The number of carbonyl (C=O) groups is 2. The van der Waals surface area contributed by atoms with Crippen LogP contribution in [0.1, 0.15) is 39.5 Å². The monoisotopic (exact) mass is 258 g/mol. The second-order valence-electron chi connectivity index (χ2n) is 4.27. The minimum Gasteiger partial charge on any atom is -0.466 e. The van der Waals surface area contributed by atoms with E-state index in [1.807, 2.05) is 0 Å². The normalized spacial score (nSPS) is 21.1. The summed E-state index contributed by atoms with van der Waals surface area (Å²) in [5.74, 6) is -1.27. The van der Waals surface area contributed by atoms with E-state index in [0.717, 1.165) is 19.3 Å². The van der Waals surface area contributed by atoms with Gasteiger partial charge < -0.3 is 14.2 Å². The highest BCUT2D eigenvalue weighted by Crippen LogP contribution is 2.24. The summed E-state index contributed by atoms with van der Waals surface area (Å²) in [6, 6.07) is 0. The lowest BCUT2D eigenvalue weighted by Gasteiger charge is -2.28. The summed E-state index contributed by atoms with van der Waals surface area (Å²) >= 11 is 0. The lowest BCUT2D eigenvalue weighted by atomic mass is 9.93. The van der Waals surface area contributed by atoms with Crippen molar-refractivity contribution in [3.63, 3.8) is 0 Å². The van der Waals surface area contributed by atoms with Crippen LogP contribution in [0.5, 0.6) is 0 Å². The molecule has 2 unspecified atom stereocenters. The number of rotatable bonds is 6. The molecule has 0 spiro atoms. The van der Waals surface area contributed by atoms with Crippen LogP contribution < -0.4 is 0 Å². The minimum atomic E-state index is -0.538. The second-order valence-corrected chi connectivity index (χ2v) is 4.27. The molecule has 5 heteroatoms. The fourth-order valence-electron chi connectivity index (χ4n) is 2.10. The lowest BCUT2D eigenvalue weighted by molar-refractivity contribution is -0.162. The van der Waals surface area contributed by atoms with Gasteiger partial charge in [-0.15, -0.1) is 0 Å². The molecule has 1 aliphatic rings. The third-order valence-corrected chi connectivity index (χ3v) is 2.94. The molecular formula is C13H22O5. The van der Waals surface area contributed by atoms with Gasteiger partial charge in [0.05, 0.1) is 31.7 Å². The summed E-state index contributed by atoms with van der Waals surface area (Å²) in [4.78, 5) is 23.4. The first-order valence-corrected chi connectivity index (χ1v) is 6.62. The molecule has 0 N–H and O–H groups in total. The Balaban J connectivity index is 2.61. The van der Waals surface area contributed by atoms with Crippen molar-refractivity contribution in [2.24, 2.45) is 5.92 Å². The van der Waals surface area contributed by atoms with E-state index in [0.29, 0.717) is 19.8 Å². The maximum atomic E-state index is 11.9. The van der Waals surface area contributed by atoms with Gasteiger partial charge in [-0.3, -0.25) is 9.59 Å². The maximum Gasteiger partial charge on any atom is 0.312 e. The Morgan fingerprint density at radius 2 is 1.94 bits per heavy atom. The molecule has 0 amide bonds. The van der Waals surface area contributed by atoms with Crippen molar-refractivity contribution in [2.75, 3.05) is 19.8 Å². The molecule has 18 heavy (non-hydrogen) atoms. The summed E-state index contributed by atoms with van der Waals surface area (Å²) in [5.41, 5.74) is 0. The Morgan fingerprint density at radius 1 is 1.22 bits per heavy atom.